The van der Waals surface area contributed by atoms with Crippen molar-refractivity contribution < 1.29 is 5.11 Å². The van der Waals surface area contributed by atoms with E-state index in [1.54, 1.807) is 0 Å². The standard InChI is InChI=1S/C21H31N3O/c1-22-15-20(14-19-10-6-3-7-11-19)24-16-21(17-25)23-13-12-18-8-4-2-5-9-18/h2-11,20-25H,12-17H2,1H3/t20-,21?/m0/s1. The van der Waals surface area contributed by atoms with Gasteiger partial charge in [-0.2, -0.15) is 0 Å². The van der Waals surface area contributed by atoms with Crippen LogP contribution >= 0.6 is 0 Å². The van der Waals surface area contributed by atoms with E-state index in [4.69, 9.17) is 0 Å². The van der Waals surface area contributed by atoms with Crippen molar-refractivity contribution in [1.29, 1.82) is 0 Å². The lowest BCUT2D eigenvalue weighted by Gasteiger charge is -2.23. The van der Waals surface area contributed by atoms with Gasteiger partial charge < -0.3 is 21.1 Å². The van der Waals surface area contributed by atoms with Gasteiger partial charge in [-0.15, -0.1) is 0 Å². The lowest BCUT2D eigenvalue weighted by molar-refractivity contribution is 0.235. The van der Waals surface area contributed by atoms with Gasteiger partial charge in [-0.1, -0.05) is 60.7 Å². The Hall–Kier alpha value is -1.72. The highest BCUT2D eigenvalue weighted by Gasteiger charge is 2.12. The second kappa shape index (κ2) is 11.8. The third kappa shape index (κ3) is 7.80. The average molecular weight is 341 g/mol. The van der Waals surface area contributed by atoms with E-state index in [9.17, 15) is 5.11 Å². The summed E-state index contributed by atoms with van der Waals surface area (Å²) in [5, 5.41) is 19.9. The van der Waals surface area contributed by atoms with Crippen LogP contribution in [0.1, 0.15) is 11.1 Å². The molecule has 0 saturated carbocycles. The molecule has 0 saturated heterocycles. The molecule has 25 heavy (non-hydrogen) atoms. The third-order valence-corrected chi connectivity index (χ3v) is 4.34. The monoisotopic (exact) mass is 341 g/mol. The highest BCUT2D eigenvalue weighted by atomic mass is 16.3. The van der Waals surface area contributed by atoms with Gasteiger partial charge in [0.15, 0.2) is 0 Å². The highest BCUT2D eigenvalue weighted by Crippen LogP contribution is 2.03. The Labute approximate surface area is 151 Å². The first-order valence-electron chi connectivity index (χ1n) is 9.12. The molecule has 2 aromatic carbocycles. The maximum atomic E-state index is 9.64. The minimum absolute atomic E-state index is 0.0684. The van der Waals surface area contributed by atoms with Crippen LogP contribution in [0.2, 0.25) is 0 Å². The van der Waals surface area contributed by atoms with E-state index in [0.717, 1.165) is 32.5 Å². The maximum Gasteiger partial charge on any atom is 0.0597 e. The van der Waals surface area contributed by atoms with Crippen LogP contribution in [0.5, 0.6) is 0 Å². The number of likely N-dealkylation sites (N-methyl/N-ethyl adjacent to an activating group) is 1. The smallest absolute Gasteiger partial charge is 0.0597 e. The Morgan fingerprint density at radius 1 is 0.800 bits per heavy atom. The molecule has 0 bridgehead atoms. The fraction of sp³-hybridized carbons (Fsp3) is 0.429. The van der Waals surface area contributed by atoms with Gasteiger partial charge >= 0.3 is 0 Å². The lowest BCUT2D eigenvalue weighted by atomic mass is 10.1. The minimum Gasteiger partial charge on any atom is -0.395 e. The van der Waals surface area contributed by atoms with E-state index in [-0.39, 0.29) is 12.6 Å². The Bertz CT molecular complexity index is 562. The van der Waals surface area contributed by atoms with E-state index in [1.165, 1.54) is 11.1 Å². The number of benzene rings is 2. The number of rotatable bonds is 12. The molecule has 0 amide bonds. The summed E-state index contributed by atoms with van der Waals surface area (Å²) in [6, 6.07) is 21.4. The molecule has 4 N–H and O–H groups in total. The van der Waals surface area contributed by atoms with Crippen molar-refractivity contribution >= 4 is 0 Å². The molecule has 2 atom stereocenters. The van der Waals surface area contributed by atoms with Crippen molar-refractivity contribution in [2.75, 3.05) is 33.3 Å². The molecular weight excluding hydrogens is 310 g/mol. The molecule has 2 rings (SSSR count). The molecular formula is C21H31N3O. The predicted octanol–water partition coefficient (Wildman–Crippen LogP) is 1.60. The fourth-order valence-electron chi connectivity index (χ4n) is 2.94. The summed E-state index contributed by atoms with van der Waals surface area (Å²) in [6.07, 6.45) is 1.95. The summed E-state index contributed by atoms with van der Waals surface area (Å²) in [6.45, 7) is 2.66. The molecule has 0 heterocycles. The number of hydrogen-bond acceptors (Lipinski definition) is 4. The topological polar surface area (TPSA) is 56.3 Å². The van der Waals surface area contributed by atoms with E-state index < -0.39 is 0 Å². The predicted molar refractivity (Wildman–Crippen MR) is 105 cm³/mol. The van der Waals surface area contributed by atoms with Gasteiger partial charge in [-0.3, -0.25) is 0 Å². The zero-order valence-electron chi connectivity index (χ0n) is 15.1. The normalized spacial score (nSPS) is 13.5. The van der Waals surface area contributed by atoms with Crippen LogP contribution in [0.3, 0.4) is 0 Å². The van der Waals surface area contributed by atoms with E-state index >= 15 is 0 Å². The lowest BCUT2D eigenvalue weighted by Crippen LogP contribution is -2.48. The van der Waals surface area contributed by atoms with Crippen molar-refractivity contribution in [1.82, 2.24) is 16.0 Å². The summed E-state index contributed by atoms with van der Waals surface area (Å²) in [5.74, 6) is 0. The Balaban J connectivity index is 1.74. The largest absolute Gasteiger partial charge is 0.395 e. The van der Waals surface area contributed by atoms with E-state index in [0.29, 0.717) is 6.04 Å². The molecule has 0 aliphatic rings. The van der Waals surface area contributed by atoms with E-state index in [2.05, 4.69) is 64.5 Å². The van der Waals surface area contributed by atoms with Crippen molar-refractivity contribution in [3.63, 3.8) is 0 Å². The van der Waals surface area contributed by atoms with Gasteiger partial charge in [-0.05, 0) is 37.6 Å². The average Bonchev–Trinajstić information content (AvgIpc) is 2.66. The summed E-state index contributed by atoms with van der Waals surface area (Å²) >= 11 is 0. The molecule has 136 valence electrons. The maximum absolute atomic E-state index is 9.64. The number of aliphatic hydroxyl groups is 1. The fourth-order valence-corrected chi connectivity index (χ4v) is 2.94. The van der Waals surface area contributed by atoms with Gasteiger partial charge in [0, 0.05) is 25.2 Å². The Kier molecular flexibility index (Phi) is 9.23. The van der Waals surface area contributed by atoms with Crippen LogP contribution in [-0.4, -0.2) is 50.5 Å². The first kappa shape index (κ1) is 19.6. The van der Waals surface area contributed by atoms with Crippen molar-refractivity contribution in [3.8, 4) is 0 Å². The van der Waals surface area contributed by atoms with Crippen LogP contribution in [0.4, 0.5) is 0 Å². The zero-order chi connectivity index (χ0) is 17.7. The number of hydrogen-bond donors (Lipinski definition) is 4. The van der Waals surface area contributed by atoms with Crippen LogP contribution in [0.15, 0.2) is 60.7 Å². The molecule has 4 nitrogen and oxygen atoms in total. The Morgan fingerprint density at radius 3 is 2.04 bits per heavy atom. The number of nitrogens with one attached hydrogen (secondary N) is 3. The van der Waals surface area contributed by atoms with Crippen LogP contribution in [0.25, 0.3) is 0 Å². The van der Waals surface area contributed by atoms with Gasteiger partial charge in [0.25, 0.3) is 0 Å². The van der Waals surface area contributed by atoms with Crippen molar-refractivity contribution in [2.45, 2.75) is 24.9 Å². The molecule has 1 unspecified atom stereocenters. The van der Waals surface area contributed by atoms with E-state index in [1.807, 2.05) is 19.2 Å². The molecule has 2 aromatic rings. The molecule has 0 aliphatic carbocycles. The van der Waals surface area contributed by atoms with Crippen LogP contribution < -0.4 is 16.0 Å². The summed E-state index contributed by atoms with van der Waals surface area (Å²) in [5.41, 5.74) is 2.64. The summed E-state index contributed by atoms with van der Waals surface area (Å²) in [4.78, 5) is 0. The first-order valence-corrected chi connectivity index (χ1v) is 9.12. The van der Waals surface area contributed by atoms with Gasteiger partial charge in [0.05, 0.1) is 6.61 Å². The van der Waals surface area contributed by atoms with Gasteiger partial charge in [0.1, 0.15) is 0 Å². The minimum atomic E-state index is 0.0684. The second-order valence-corrected chi connectivity index (χ2v) is 6.42. The molecule has 0 spiro atoms. The zero-order valence-corrected chi connectivity index (χ0v) is 15.1. The molecule has 0 fully saturated rings. The van der Waals surface area contributed by atoms with Gasteiger partial charge in [-0.25, -0.2) is 0 Å². The Morgan fingerprint density at radius 2 is 1.44 bits per heavy atom. The molecule has 0 aromatic heterocycles. The summed E-state index contributed by atoms with van der Waals surface area (Å²) < 4.78 is 0. The van der Waals surface area contributed by atoms with Gasteiger partial charge in [0.2, 0.25) is 0 Å². The van der Waals surface area contributed by atoms with Crippen LogP contribution in [-0.2, 0) is 12.8 Å². The molecule has 0 radical (unpaired) electrons. The van der Waals surface area contributed by atoms with Crippen molar-refractivity contribution in [3.05, 3.63) is 71.8 Å². The molecule has 0 aliphatic heterocycles. The second-order valence-electron chi connectivity index (χ2n) is 6.42. The third-order valence-electron chi connectivity index (χ3n) is 4.34. The SMILES string of the molecule is CNC[C@H](Cc1ccccc1)NCC(CO)NCCc1ccccc1. The first-order chi connectivity index (χ1) is 12.3. The number of aliphatic hydroxyl groups excluding tert-OH is 1. The quantitative estimate of drug-likeness (QED) is 0.474. The highest BCUT2D eigenvalue weighted by molar-refractivity contribution is 5.16. The summed E-state index contributed by atoms with van der Waals surface area (Å²) in [7, 11) is 1.97. The molecule has 4 heteroatoms. The van der Waals surface area contributed by atoms with Crippen LogP contribution in [0, 0.1) is 0 Å². The van der Waals surface area contributed by atoms with Crippen molar-refractivity contribution in [2.24, 2.45) is 0 Å².